The van der Waals surface area contributed by atoms with Crippen LogP contribution in [-0.2, 0) is 4.79 Å². The van der Waals surface area contributed by atoms with E-state index in [4.69, 9.17) is 4.98 Å². The molecule has 1 aliphatic heterocycles. The van der Waals surface area contributed by atoms with Gasteiger partial charge in [0.25, 0.3) is 0 Å². The van der Waals surface area contributed by atoms with E-state index in [2.05, 4.69) is 35.2 Å². The Morgan fingerprint density at radius 3 is 2.47 bits per heavy atom. The van der Waals surface area contributed by atoms with Crippen molar-refractivity contribution in [2.24, 2.45) is 0 Å². The van der Waals surface area contributed by atoms with Crippen LogP contribution in [0, 0.1) is 13.8 Å². The zero-order valence-electron chi connectivity index (χ0n) is 17.9. The summed E-state index contributed by atoms with van der Waals surface area (Å²) in [6.45, 7) is 8.25. The van der Waals surface area contributed by atoms with Crippen molar-refractivity contribution in [2.45, 2.75) is 13.8 Å². The van der Waals surface area contributed by atoms with E-state index in [1.54, 1.807) is 6.08 Å². The van der Waals surface area contributed by atoms with Gasteiger partial charge < -0.3 is 15.1 Å². The van der Waals surface area contributed by atoms with Crippen molar-refractivity contribution in [3.05, 3.63) is 71.3 Å². The molecule has 2 aromatic carbocycles. The van der Waals surface area contributed by atoms with Crippen molar-refractivity contribution in [3.63, 3.8) is 0 Å². The van der Waals surface area contributed by atoms with Gasteiger partial charge in [0.1, 0.15) is 5.82 Å². The van der Waals surface area contributed by atoms with Gasteiger partial charge in [-0.3, -0.25) is 4.79 Å². The smallest absolute Gasteiger partial charge is 0.248 e. The first-order chi connectivity index (χ1) is 14.5. The highest BCUT2D eigenvalue weighted by atomic mass is 16.1. The van der Waals surface area contributed by atoms with E-state index in [0.717, 1.165) is 54.2 Å². The van der Waals surface area contributed by atoms with E-state index in [1.807, 2.05) is 55.5 Å². The zero-order valence-corrected chi connectivity index (χ0v) is 17.9. The van der Waals surface area contributed by atoms with Crippen molar-refractivity contribution >= 4 is 34.4 Å². The number of aromatic nitrogens is 1. The number of piperazine rings is 1. The van der Waals surface area contributed by atoms with Gasteiger partial charge in [0.15, 0.2) is 0 Å². The van der Waals surface area contributed by atoms with Gasteiger partial charge in [-0.05, 0) is 62.4 Å². The average Bonchev–Trinajstić information content (AvgIpc) is 2.74. The van der Waals surface area contributed by atoms with E-state index in [-0.39, 0.29) is 5.91 Å². The van der Waals surface area contributed by atoms with Gasteiger partial charge in [-0.2, -0.15) is 0 Å². The third-order valence-electron chi connectivity index (χ3n) is 5.60. The Morgan fingerprint density at radius 1 is 1.00 bits per heavy atom. The number of rotatable bonds is 4. The maximum atomic E-state index is 12.3. The first-order valence-corrected chi connectivity index (χ1v) is 10.4. The number of carbonyl (C=O) groups is 1. The molecule has 30 heavy (non-hydrogen) atoms. The molecule has 1 fully saturated rings. The second-order valence-electron chi connectivity index (χ2n) is 8.05. The number of pyridine rings is 1. The van der Waals surface area contributed by atoms with Crippen LogP contribution in [0.5, 0.6) is 0 Å². The molecular weight excluding hydrogens is 372 g/mol. The van der Waals surface area contributed by atoms with Gasteiger partial charge >= 0.3 is 0 Å². The van der Waals surface area contributed by atoms with Gasteiger partial charge in [0, 0.05) is 43.3 Å². The molecule has 0 unspecified atom stereocenters. The van der Waals surface area contributed by atoms with Crippen LogP contribution in [0.4, 0.5) is 11.5 Å². The highest BCUT2D eigenvalue weighted by molar-refractivity contribution is 6.03. The molecule has 0 aliphatic carbocycles. The summed E-state index contributed by atoms with van der Waals surface area (Å²) < 4.78 is 0. The minimum atomic E-state index is -0.144. The van der Waals surface area contributed by atoms with Gasteiger partial charge in [-0.25, -0.2) is 4.98 Å². The average molecular weight is 401 g/mol. The summed E-state index contributed by atoms with van der Waals surface area (Å²) in [5, 5.41) is 4.02. The number of hydrogen-bond donors (Lipinski definition) is 1. The fourth-order valence-corrected chi connectivity index (χ4v) is 3.69. The Morgan fingerprint density at radius 2 is 1.73 bits per heavy atom. The molecule has 5 heteroatoms. The molecule has 3 aromatic rings. The summed E-state index contributed by atoms with van der Waals surface area (Å²) in [6.07, 6.45) is 3.39. The van der Waals surface area contributed by atoms with E-state index < -0.39 is 0 Å². The molecule has 0 atom stereocenters. The van der Waals surface area contributed by atoms with Gasteiger partial charge in [-0.1, -0.05) is 29.8 Å². The lowest BCUT2D eigenvalue weighted by Gasteiger charge is -2.33. The normalized spacial score (nSPS) is 15.1. The molecule has 4 rings (SSSR count). The quantitative estimate of drug-likeness (QED) is 0.665. The zero-order chi connectivity index (χ0) is 21.1. The molecule has 1 aliphatic rings. The number of nitrogens with one attached hydrogen (secondary N) is 1. The molecule has 0 spiro atoms. The van der Waals surface area contributed by atoms with Crippen LogP contribution in [0.3, 0.4) is 0 Å². The summed E-state index contributed by atoms with van der Waals surface area (Å²) in [6, 6.07) is 16.1. The molecule has 0 radical (unpaired) electrons. The molecule has 154 valence electrons. The lowest BCUT2D eigenvalue weighted by Crippen LogP contribution is -2.44. The number of likely N-dealkylation sites (N-methyl/N-ethyl adjacent to an activating group) is 1. The van der Waals surface area contributed by atoms with Crippen molar-refractivity contribution in [1.82, 2.24) is 9.88 Å². The lowest BCUT2D eigenvalue weighted by molar-refractivity contribution is -0.111. The number of fused-ring (bicyclic) bond motifs is 1. The Labute approximate surface area is 178 Å². The second kappa shape index (κ2) is 8.67. The third kappa shape index (κ3) is 4.69. The molecule has 0 bridgehead atoms. The summed E-state index contributed by atoms with van der Waals surface area (Å²) in [5.41, 5.74) is 5.11. The standard InChI is InChI=1S/C25H28N4O/c1-18-4-6-20(7-5-18)8-11-25(30)26-21-9-10-23-22(17-21)19(2)16-24(27-23)29-14-12-28(3)13-15-29/h4-11,16-17H,12-15H2,1-3H3,(H,26,30). The Bertz CT molecular complexity index is 1080. The van der Waals surface area contributed by atoms with E-state index in [0.29, 0.717) is 0 Å². The summed E-state index contributed by atoms with van der Waals surface area (Å²) in [7, 11) is 2.15. The van der Waals surface area contributed by atoms with Crippen LogP contribution < -0.4 is 10.2 Å². The van der Waals surface area contributed by atoms with Crippen LogP contribution in [0.25, 0.3) is 17.0 Å². The van der Waals surface area contributed by atoms with Crippen LogP contribution in [-0.4, -0.2) is 49.0 Å². The number of benzene rings is 2. The van der Waals surface area contributed by atoms with E-state index in [1.165, 1.54) is 11.1 Å². The Kier molecular flexibility index (Phi) is 5.81. The molecule has 1 saturated heterocycles. The maximum Gasteiger partial charge on any atom is 0.248 e. The maximum absolute atomic E-state index is 12.3. The van der Waals surface area contributed by atoms with E-state index >= 15 is 0 Å². The lowest BCUT2D eigenvalue weighted by atomic mass is 10.1. The van der Waals surface area contributed by atoms with Crippen molar-refractivity contribution in [2.75, 3.05) is 43.4 Å². The fraction of sp³-hybridized carbons (Fsp3) is 0.280. The highest BCUT2D eigenvalue weighted by Crippen LogP contribution is 2.26. The molecule has 5 nitrogen and oxygen atoms in total. The summed E-state index contributed by atoms with van der Waals surface area (Å²) in [5.74, 6) is 0.889. The number of amides is 1. The van der Waals surface area contributed by atoms with Crippen molar-refractivity contribution in [1.29, 1.82) is 0 Å². The van der Waals surface area contributed by atoms with Crippen LogP contribution in [0.2, 0.25) is 0 Å². The molecular formula is C25H28N4O. The third-order valence-corrected chi connectivity index (χ3v) is 5.60. The van der Waals surface area contributed by atoms with Gasteiger partial charge in [0.05, 0.1) is 5.52 Å². The SMILES string of the molecule is Cc1ccc(C=CC(=O)Nc2ccc3nc(N4CCN(C)CC4)cc(C)c3c2)cc1. The van der Waals surface area contributed by atoms with E-state index in [9.17, 15) is 4.79 Å². The number of nitrogens with zero attached hydrogens (tertiary/aromatic N) is 3. The monoisotopic (exact) mass is 400 g/mol. The highest BCUT2D eigenvalue weighted by Gasteiger charge is 2.16. The largest absolute Gasteiger partial charge is 0.354 e. The summed E-state index contributed by atoms with van der Waals surface area (Å²) >= 11 is 0. The Hall–Kier alpha value is -3.18. The van der Waals surface area contributed by atoms with Gasteiger partial charge in [-0.15, -0.1) is 0 Å². The van der Waals surface area contributed by atoms with Crippen molar-refractivity contribution in [3.8, 4) is 0 Å². The van der Waals surface area contributed by atoms with Gasteiger partial charge in [0.2, 0.25) is 5.91 Å². The number of carbonyl (C=O) groups excluding carboxylic acids is 1. The first-order valence-electron chi connectivity index (χ1n) is 10.4. The van der Waals surface area contributed by atoms with Crippen LogP contribution in [0.15, 0.2) is 54.6 Å². The van der Waals surface area contributed by atoms with Crippen LogP contribution >= 0.6 is 0 Å². The first kappa shape index (κ1) is 20.1. The molecule has 1 N–H and O–H groups in total. The Balaban J connectivity index is 1.49. The molecule has 1 aromatic heterocycles. The minimum absolute atomic E-state index is 0.144. The molecule has 0 saturated carbocycles. The summed E-state index contributed by atoms with van der Waals surface area (Å²) in [4.78, 5) is 21.9. The fourth-order valence-electron chi connectivity index (χ4n) is 3.69. The van der Waals surface area contributed by atoms with Crippen LogP contribution in [0.1, 0.15) is 16.7 Å². The minimum Gasteiger partial charge on any atom is -0.354 e. The topological polar surface area (TPSA) is 48.5 Å². The molecule has 2 heterocycles. The van der Waals surface area contributed by atoms with Crippen molar-refractivity contribution < 1.29 is 4.79 Å². The predicted octanol–water partition coefficient (Wildman–Crippen LogP) is 4.26. The molecule has 1 amide bonds. The number of hydrogen-bond acceptors (Lipinski definition) is 4. The number of aryl methyl sites for hydroxylation is 2. The second-order valence-corrected chi connectivity index (χ2v) is 8.05. The predicted molar refractivity (Wildman–Crippen MR) is 125 cm³/mol. The number of anilines is 2.